The summed E-state index contributed by atoms with van der Waals surface area (Å²) in [6.07, 6.45) is 4.90. The van der Waals surface area contributed by atoms with Crippen LogP contribution in [-0.2, 0) is 11.8 Å². The van der Waals surface area contributed by atoms with Crippen LogP contribution in [0.1, 0.15) is 60.4 Å². The zero-order valence-corrected chi connectivity index (χ0v) is 27.4. The first-order valence-electron chi connectivity index (χ1n) is 15.8. The molecule has 0 spiro atoms. The largest absolute Gasteiger partial charge is 0.339 e. The number of fused-ring (bicyclic) bond motifs is 4. The maximum atomic E-state index is 4.17. The summed E-state index contributed by atoms with van der Waals surface area (Å²) in [4.78, 5) is 3.61. The van der Waals surface area contributed by atoms with Crippen LogP contribution in [0, 0.1) is 0 Å². The predicted octanol–water partition coefficient (Wildman–Crippen LogP) is 12.3. The minimum atomic E-state index is -0.0813. The number of thiophene rings is 1. The topological polar surface area (TPSA) is 3.24 Å². The zero-order valence-electron chi connectivity index (χ0n) is 26.6. The highest BCUT2D eigenvalue weighted by molar-refractivity contribution is 7.20. The van der Waals surface area contributed by atoms with Gasteiger partial charge in [0.25, 0.3) is 0 Å². The maximum Gasteiger partial charge on any atom is 0.0413 e. The van der Waals surface area contributed by atoms with Gasteiger partial charge in [-0.15, -0.1) is 11.3 Å². The molecule has 1 aliphatic carbocycles. The maximum absolute atomic E-state index is 4.17. The van der Waals surface area contributed by atoms with Crippen LogP contribution in [0.5, 0.6) is 0 Å². The summed E-state index contributed by atoms with van der Waals surface area (Å²) in [6.45, 7) is 17.5. The summed E-state index contributed by atoms with van der Waals surface area (Å²) in [5.74, 6) is 0. The molecule has 45 heavy (non-hydrogen) atoms. The van der Waals surface area contributed by atoms with Crippen LogP contribution in [-0.4, -0.2) is 6.04 Å². The molecule has 222 valence electrons. The van der Waals surface area contributed by atoms with Crippen LogP contribution in [0.3, 0.4) is 0 Å². The van der Waals surface area contributed by atoms with E-state index in [-0.39, 0.29) is 5.41 Å². The van der Waals surface area contributed by atoms with Crippen molar-refractivity contribution < 1.29 is 0 Å². The molecule has 1 heterocycles. The monoisotopic (exact) mass is 601 g/mol. The van der Waals surface area contributed by atoms with Crippen LogP contribution in [0.15, 0.2) is 122 Å². The molecule has 7 rings (SSSR count). The van der Waals surface area contributed by atoms with Crippen molar-refractivity contribution in [3.63, 3.8) is 0 Å². The lowest BCUT2D eigenvalue weighted by molar-refractivity contribution is 0.613. The first kappa shape index (κ1) is 29.1. The Balaban J connectivity index is 1.22. The Labute approximate surface area is 271 Å². The molecular formula is C43H39NS. The van der Waals surface area contributed by atoms with E-state index in [2.05, 4.69) is 155 Å². The highest BCUT2D eigenvalue weighted by Crippen LogP contribution is 2.47. The van der Waals surface area contributed by atoms with E-state index < -0.39 is 0 Å². The zero-order chi connectivity index (χ0) is 31.3. The summed E-state index contributed by atoms with van der Waals surface area (Å²) >= 11 is 1.81. The molecule has 0 fully saturated rings. The SMILES string of the molecule is C=Cc1sc2ccc3c(c2c1C=C)Cc1cc(-c2ccc(N(c4ccc(-c5ccccc5)cc4)C(C)C)cc2)ccc1C3(C)C. The predicted molar refractivity (Wildman–Crippen MR) is 198 cm³/mol. The Hall–Kier alpha value is -4.66. The van der Waals surface area contributed by atoms with E-state index in [1.165, 1.54) is 76.4 Å². The molecule has 0 saturated heterocycles. The molecule has 0 unspecified atom stereocenters. The smallest absolute Gasteiger partial charge is 0.0413 e. The second-order valence-corrected chi connectivity index (χ2v) is 13.9. The summed E-state index contributed by atoms with van der Waals surface area (Å²) < 4.78 is 1.31. The number of nitrogens with zero attached hydrogens (tertiary/aromatic N) is 1. The third kappa shape index (κ3) is 4.94. The van der Waals surface area contributed by atoms with Crippen molar-refractivity contribution >= 4 is 44.9 Å². The van der Waals surface area contributed by atoms with E-state index in [0.29, 0.717) is 6.04 Å². The fourth-order valence-electron chi connectivity index (χ4n) is 7.30. The van der Waals surface area contributed by atoms with Gasteiger partial charge in [0.1, 0.15) is 0 Å². The summed E-state index contributed by atoms with van der Waals surface area (Å²) in [5.41, 5.74) is 14.2. The van der Waals surface area contributed by atoms with Gasteiger partial charge in [-0.1, -0.05) is 118 Å². The van der Waals surface area contributed by atoms with Crippen LogP contribution in [0.4, 0.5) is 11.4 Å². The van der Waals surface area contributed by atoms with Crippen molar-refractivity contribution in [3.05, 3.63) is 155 Å². The van der Waals surface area contributed by atoms with Gasteiger partial charge < -0.3 is 4.90 Å². The molecule has 0 atom stereocenters. The molecule has 0 N–H and O–H groups in total. The molecule has 0 aliphatic heterocycles. The molecule has 0 saturated carbocycles. The standard InChI is InChI=1S/C43H39NS/c1-7-36-40(8-2)45-41-25-24-39-37(42(36)41)27-33-26-32(18-23-38(33)43(39,5)6)31-16-21-35(22-17-31)44(28(3)4)34-19-14-30(15-20-34)29-12-10-9-11-13-29/h7-26,28H,1-2,27H2,3-6H3. The Morgan fingerprint density at radius 1 is 0.689 bits per heavy atom. The van der Waals surface area contributed by atoms with E-state index in [1.54, 1.807) is 0 Å². The second kappa shape index (κ2) is 11.4. The molecule has 1 nitrogen and oxygen atoms in total. The molecule has 6 aromatic rings. The minimum absolute atomic E-state index is 0.0813. The van der Waals surface area contributed by atoms with Crippen LogP contribution < -0.4 is 4.90 Å². The normalized spacial score (nSPS) is 13.4. The van der Waals surface area contributed by atoms with Gasteiger partial charge in [0.15, 0.2) is 0 Å². The van der Waals surface area contributed by atoms with Crippen LogP contribution in [0.2, 0.25) is 0 Å². The first-order chi connectivity index (χ1) is 21.8. The molecular weight excluding hydrogens is 563 g/mol. The fraction of sp³-hybridized carbons (Fsp3) is 0.163. The Morgan fingerprint density at radius 3 is 1.87 bits per heavy atom. The molecule has 1 aromatic heterocycles. The molecule has 0 radical (unpaired) electrons. The fourth-order valence-corrected chi connectivity index (χ4v) is 8.38. The summed E-state index contributed by atoms with van der Waals surface area (Å²) in [5, 5.41) is 1.35. The van der Waals surface area contributed by atoms with E-state index >= 15 is 0 Å². The molecule has 2 heteroatoms. The second-order valence-electron chi connectivity index (χ2n) is 12.9. The van der Waals surface area contributed by atoms with Gasteiger partial charge in [0, 0.05) is 37.8 Å². The number of benzene rings is 5. The third-order valence-corrected chi connectivity index (χ3v) is 10.7. The van der Waals surface area contributed by atoms with Gasteiger partial charge in [-0.05, 0) is 101 Å². The van der Waals surface area contributed by atoms with Gasteiger partial charge in [0.05, 0.1) is 0 Å². The van der Waals surface area contributed by atoms with Gasteiger partial charge in [0.2, 0.25) is 0 Å². The van der Waals surface area contributed by atoms with Gasteiger partial charge in [-0.3, -0.25) is 0 Å². The van der Waals surface area contributed by atoms with Crippen molar-refractivity contribution in [3.8, 4) is 22.3 Å². The van der Waals surface area contributed by atoms with Gasteiger partial charge >= 0.3 is 0 Å². The van der Waals surface area contributed by atoms with Gasteiger partial charge in [-0.25, -0.2) is 0 Å². The van der Waals surface area contributed by atoms with Crippen LogP contribution >= 0.6 is 11.3 Å². The number of hydrogen-bond donors (Lipinski definition) is 0. The molecule has 5 aromatic carbocycles. The molecule has 0 amide bonds. The average Bonchev–Trinajstić information content (AvgIpc) is 3.44. The lowest BCUT2D eigenvalue weighted by Crippen LogP contribution is -2.27. The average molecular weight is 602 g/mol. The highest BCUT2D eigenvalue weighted by atomic mass is 32.1. The Kier molecular flexibility index (Phi) is 7.34. The summed E-state index contributed by atoms with van der Waals surface area (Å²) in [6, 6.07) is 40.6. The lowest BCUT2D eigenvalue weighted by Gasteiger charge is -2.36. The third-order valence-electron chi connectivity index (χ3n) is 9.49. The van der Waals surface area contributed by atoms with Crippen molar-refractivity contribution in [1.82, 2.24) is 0 Å². The molecule has 0 bridgehead atoms. The van der Waals surface area contributed by atoms with E-state index in [0.717, 1.165) is 6.42 Å². The number of rotatable bonds is 7. The van der Waals surface area contributed by atoms with Crippen molar-refractivity contribution in [1.29, 1.82) is 0 Å². The first-order valence-corrected chi connectivity index (χ1v) is 16.6. The van der Waals surface area contributed by atoms with Crippen molar-refractivity contribution in [2.75, 3.05) is 4.90 Å². The number of hydrogen-bond acceptors (Lipinski definition) is 2. The van der Waals surface area contributed by atoms with Crippen molar-refractivity contribution in [2.45, 2.75) is 45.6 Å². The highest BCUT2D eigenvalue weighted by Gasteiger charge is 2.34. The Morgan fingerprint density at radius 2 is 1.27 bits per heavy atom. The van der Waals surface area contributed by atoms with E-state index in [1.807, 2.05) is 23.5 Å². The molecule has 1 aliphatic rings. The van der Waals surface area contributed by atoms with E-state index in [4.69, 9.17) is 0 Å². The van der Waals surface area contributed by atoms with Crippen molar-refractivity contribution in [2.24, 2.45) is 0 Å². The van der Waals surface area contributed by atoms with Gasteiger partial charge in [-0.2, -0.15) is 0 Å². The van der Waals surface area contributed by atoms with E-state index in [9.17, 15) is 0 Å². The minimum Gasteiger partial charge on any atom is -0.339 e. The number of anilines is 2. The van der Waals surface area contributed by atoms with Crippen LogP contribution in [0.25, 0.3) is 44.5 Å². The Bertz CT molecular complexity index is 2040. The lowest BCUT2D eigenvalue weighted by atomic mass is 9.68. The quantitative estimate of drug-likeness (QED) is 0.176. The summed E-state index contributed by atoms with van der Waals surface area (Å²) in [7, 11) is 0.